The van der Waals surface area contributed by atoms with Crippen molar-refractivity contribution in [3.63, 3.8) is 0 Å². The number of nitro groups is 1. The van der Waals surface area contributed by atoms with E-state index in [4.69, 9.17) is 16.0 Å². The molecule has 0 saturated carbocycles. The van der Waals surface area contributed by atoms with Gasteiger partial charge in [-0.2, -0.15) is 0 Å². The molecule has 9 heteroatoms. The number of nitro benzene ring substituents is 1. The fourth-order valence-electron chi connectivity index (χ4n) is 3.49. The van der Waals surface area contributed by atoms with Crippen molar-refractivity contribution in [2.45, 2.75) is 13.0 Å². The van der Waals surface area contributed by atoms with Crippen molar-refractivity contribution < 1.29 is 24.0 Å². The van der Waals surface area contributed by atoms with Crippen molar-refractivity contribution in [1.29, 1.82) is 0 Å². The van der Waals surface area contributed by atoms with Crippen LogP contribution in [0.2, 0.25) is 5.02 Å². The lowest BCUT2D eigenvalue weighted by atomic mass is 9.99. The Balaban J connectivity index is 1.91. The number of aryl methyl sites for hydroxylation is 1. The van der Waals surface area contributed by atoms with Crippen LogP contribution in [0.4, 0.5) is 11.4 Å². The molecule has 0 bridgehead atoms. The summed E-state index contributed by atoms with van der Waals surface area (Å²) in [6.07, 6.45) is 0. The van der Waals surface area contributed by atoms with Gasteiger partial charge in [-0.25, -0.2) is 0 Å². The summed E-state index contributed by atoms with van der Waals surface area (Å²) in [5.41, 5.74) is 0.154. The van der Waals surface area contributed by atoms with Crippen LogP contribution in [0.25, 0.3) is 5.76 Å². The number of anilines is 1. The van der Waals surface area contributed by atoms with Gasteiger partial charge >= 0.3 is 0 Å². The topological polar surface area (TPSA) is 114 Å². The van der Waals surface area contributed by atoms with Crippen LogP contribution in [0, 0.1) is 17.0 Å². The number of hydrogen-bond acceptors (Lipinski definition) is 6. The second-order valence-corrected chi connectivity index (χ2v) is 7.34. The van der Waals surface area contributed by atoms with E-state index in [1.54, 1.807) is 37.3 Å². The quantitative estimate of drug-likeness (QED) is 0.206. The molecule has 1 saturated heterocycles. The number of ketones is 1. The molecule has 1 amide bonds. The van der Waals surface area contributed by atoms with E-state index in [0.29, 0.717) is 16.5 Å². The van der Waals surface area contributed by atoms with Crippen molar-refractivity contribution in [2.24, 2.45) is 0 Å². The largest absolute Gasteiger partial charge is 0.507 e. The summed E-state index contributed by atoms with van der Waals surface area (Å²) in [4.78, 5) is 37.5. The Morgan fingerprint density at radius 1 is 1.13 bits per heavy atom. The summed E-state index contributed by atoms with van der Waals surface area (Å²) in [6.45, 7) is 1.71. The van der Waals surface area contributed by atoms with Gasteiger partial charge in [0.05, 0.1) is 10.5 Å². The molecule has 1 aromatic heterocycles. The lowest BCUT2D eigenvalue weighted by Gasteiger charge is -2.23. The number of carbonyl (C=O) groups is 2. The summed E-state index contributed by atoms with van der Waals surface area (Å²) in [6, 6.07) is 13.7. The SMILES string of the molecule is Cc1ccc(C2/C(=C(/O)c3ccc([N+](=O)[O-])cc3)C(=O)C(=O)N2c2cccc(Cl)c2)o1. The van der Waals surface area contributed by atoms with E-state index in [0.717, 1.165) is 0 Å². The molecule has 31 heavy (non-hydrogen) atoms. The maximum absolute atomic E-state index is 13.0. The third-order valence-electron chi connectivity index (χ3n) is 4.91. The average molecular weight is 439 g/mol. The number of aliphatic hydroxyl groups is 1. The number of hydrogen-bond donors (Lipinski definition) is 1. The molecule has 3 aromatic rings. The van der Waals surface area contributed by atoms with Crippen molar-refractivity contribution in [2.75, 3.05) is 4.90 Å². The molecular weight excluding hydrogens is 424 g/mol. The monoisotopic (exact) mass is 438 g/mol. The molecule has 1 aliphatic rings. The fourth-order valence-corrected chi connectivity index (χ4v) is 3.68. The van der Waals surface area contributed by atoms with Gasteiger partial charge in [-0.15, -0.1) is 0 Å². The molecule has 0 aliphatic carbocycles. The zero-order valence-corrected chi connectivity index (χ0v) is 16.9. The molecule has 156 valence electrons. The molecule has 2 aromatic carbocycles. The van der Waals surface area contributed by atoms with E-state index in [9.17, 15) is 24.8 Å². The molecule has 4 rings (SSSR count). The number of halogens is 1. The highest BCUT2D eigenvalue weighted by Gasteiger charge is 2.48. The van der Waals surface area contributed by atoms with Crippen LogP contribution in [0.1, 0.15) is 23.1 Å². The predicted molar refractivity (Wildman–Crippen MR) is 113 cm³/mol. The van der Waals surface area contributed by atoms with Crippen LogP contribution in [0.3, 0.4) is 0 Å². The smallest absolute Gasteiger partial charge is 0.300 e. The molecular formula is C22H15ClN2O6. The molecule has 8 nitrogen and oxygen atoms in total. The predicted octanol–water partition coefficient (Wildman–Crippen LogP) is 4.78. The van der Waals surface area contributed by atoms with Gasteiger partial charge in [-0.3, -0.25) is 24.6 Å². The minimum absolute atomic E-state index is 0.156. The lowest BCUT2D eigenvalue weighted by molar-refractivity contribution is -0.384. The average Bonchev–Trinajstić information content (AvgIpc) is 3.28. The van der Waals surface area contributed by atoms with Crippen LogP contribution in [0.15, 0.2) is 70.7 Å². The first kappa shape index (κ1) is 20.4. The molecule has 0 spiro atoms. The Labute approximate surface area is 181 Å². The standard InChI is InChI=1S/C22H15ClN2O6/c1-12-5-10-17(31-12)19-18(20(26)13-6-8-15(9-7-13)25(29)30)21(27)22(28)24(19)16-4-2-3-14(23)11-16/h2-11,19,26H,1H3/b20-18-. The van der Waals surface area contributed by atoms with Gasteiger partial charge in [-0.05, 0) is 49.4 Å². The molecule has 0 radical (unpaired) electrons. The van der Waals surface area contributed by atoms with E-state index < -0.39 is 28.4 Å². The molecule has 1 fully saturated rings. The fraction of sp³-hybridized carbons (Fsp3) is 0.0909. The number of furan rings is 1. The van der Waals surface area contributed by atoms with Gasteiger partial charge in [0.2, 0.25) is 0 Å². The first-order valence-electron chi connectivity index (χ1n) is 9.15. The number of non-ortho nitro benzene ring substituents is 1. The van der Waals surface area contributed by atoms with Crippen molar-refractivity contribution in [3.8, 4) is 0 Å². The summed E-state index contributed by atoms with van der Waals surface area (Å²) in [5, 5.41) is 22.2. The van der Waals surface area contributed by atoms with E-state index in [1.807, 2.05) is 0 Å². The molecule has 1 N–H and O–H groups in total. The number of aliphatic hydroxyl groups excluding tert-OH is 1. The first-order valence-corrected chi connectivity index (χ1v) is 9.53. The summed E-state index contributed by atoms with van der Waals surface area (Å²) in [7, 11) is 0. The van der Waals surface area contributed by atoms with Gasteiger partial charge in [0.25, 0.3) is 17.4 Å². The summed E-state index contributed by atoms with van der Waals surface area (Å²) >= 11 is 6.08. The van der Waals surface area contributed by atoms with E-state index in [-0.39, 0.29) is 22.6 Å². The van der Waals surface area contributed by atoms with Crippen LogP contribution in [-0.2, 0) is 9.59 Å². The molecule has 1 unspecified atom stereocenters. The van der Waals surface area contributed by atoms with Gasteiger partial charge in [0, 0.05) is 28.4 Å². The van der Waals surface area contributed by atoms with Crippen LogP contribution in [-0.4, -0.2) is 21.7 Å². The van der Waals surface area contributed by atoms with Crippen LogP contribution < -0.4 is 4.90 Å². The first-order chi connectivity index (χ1) is 14.8. The number of carbonyl (C=O) groups excluding carboxylic acids is 2. The maximum Gasteiger partial charge on any atom is 0.300 e. The zero-order chi connectivity index (χ0) is 22.3. The molecule has 2 heterocycles. The van der Waals surface area contributed by atoms with Crippen LogP contribution in [0.5, 0.6) is 0 Å². The summed E-state index contributed by atoms with van der Waals surface area (Å²) < 4.78 is 5.70. The second-order valence-electron chi connectivity index (χ2n) is 6.90. The van der Waals surface area contributed by atoms with Crippen molar-refractivity contribution in [1.82, 2.24) is 0 Å². The Hall–Kier alpha value is -3.91. The van der Waals surface area contributed by atoms with Gasteiger partial charge in [0.1, 0.15) is 23.3 Å². The Kier molecular flexibility index (Phi) is 5.08. The van der Waals surface area contributed by atoms with Gasteiger partial charge in [0.15, 0.2) is 0 Å². The maximum atomic E-state index is 13.0. The normalized spacial score (nSPS) is 17.9. The minimum atomic E-state index is -1.04. The van der Waals surface area contributed by atoms with E-state index in [1.165, 1.54) is 35.2 Å². The summed E-state index contributed by atoms with van der Waals surface area (Å²) in [5.74, 6) is -1.39. The second kappa shape index (κ2) is 7.73. The zero-order valence-electron chi connectivity index (χ0n) is 16.1. The van der Waals surface area contributed by atoms with Crippen molar-refractivity contribution >= 4 is 40.4 Å². The molecule has 1 atom stereocenters. The highest BCUT2D eigenvalue weighted by Crippen LogP contribution is 2.43. The number of Topliss-reactive ketones (excluding diaryl/α,β-unsaturated/α-hetero) is 1. The van der Waals surface area contributed by atoms with E-state index >= 15 is 0 Å². The Morgan fingerprint density at radius 3 is 2.42 bits per heavy atom. The van der Waals surface area contributed by atoms with Crippen LogP contribution >= 0.6 is 11.6 Å². The Morgan fingerprint density at radius 2 is 1.84 bits per heavy atom. The third kappa shape index (κ3) is 3.57. The number of benzene rings is 2. The number of nitrogens with zero attached hydrogens (tertiary/aromatic N) is 2. The number of amides is 1. The highest BCUT2D eigenvalue weighted by atomic mass is 35.5. The van der Waals surface area contributed by atoms with Crippen molar-refractivity contribution in [3.05, 3.63) is 98.5 Å². The van der Waals surface area contributed by atoms with Gasteiger partial charge in [-0.1, -0.05) is 17.7 Å². The minimum Gasteiger partial charge on any atom is -0.507 e. The lowest BCUT2D eigenvalue weighted by Crippen LogP contribution is -2.29. The molecule has 1 aliphatic heterocycles. The third-order valence-corrected chi connectivity index (χ3v) is 5.15. The Bertz CT molecular complexity index is 1240. The number of rotatable bonds is 4. The highest BCUT2D eigenvalue weighted by molar-refractivity contribution is 6.51. The van der Waals surface area contributed by atoms with Gasteiger partial charge < -0.3 is 9.52 Å². The van der Waals surface area contributed by atoms with E-state index in [2.05, 4.69) is 0 Å².